The fourth-order valence-electron chi connectivity index (χ4n) is 2.77. The van der Waals surface area contributed by atoms with Crippen LogP contribution in [0.4, 0.5) is 0 Å². The van der Waals surface area contributed by atoms with Gasteiger partial charge in [-0.2, -0.15) is 0 Å². The molecule has 1 N–H and O–H groups in total. The Kier molecular flexibility index (Phi) is 4.42. The average Bonchev–Trinajstić information content (AvgIpc) is 2.78. The molecule has 1 fully saturated rings. The van der Waals surface area contributed by atoms with Crippen molar-refractivity contribution in [1.82, 2.24) is 4.90 Å². The van der Waals surface area contributed by atoms with Gasteiger partial charge in [0, 0.05) is 19.5 Å². The molecule has 0 radical (unpaired) electrons. The monoisotopic (exact) mass is 275 g/mol. The van der Waals surface area contributed by atoms with E-state index in [-0.39, 0.29) is 11.8 Å². The number of carbonyl (C=O) groups is 2. The predicted molar refractivity (Wildman–Crippen MR) is 76.4 cm³/mol. The topological polar surface area (TPSA) is 57.6 Å². The normalized spacial score (nSPS) is 22.0. The zero-order chi connectivity index (χ0) is 14.7. The van der Waals surface area contributed by atoms with Crippen molar-refractivity contribution in [3.8, 4) is 0 Å². The Balaban J connectivity index is 1.88. The van der Waals surface area contributed by atoms with Crippen LogP contribution in [0.3, 0.4) is 0 Å². The SMILES string of the molecule is Cc1cccc(CCC(=O)N2C[C@@H](C)[C@H](C(=O)O)C2)c1. The summed E-state index contributed by atoms with van der Waals surface area (Å²) in [6.45, 7) is 4.84. The van der Waals surface area contributed by atoms with Gasteiger partial charge in [-0.25, -0.2) is 0 Å². The second-order valence-corrected chi connectivity index (χ2v) is 5.71. The number of aliphatic carboxylic acids is 1. The Labute approximate surface area is 119 Å². The number of nitrogens with zero attached hydrogens (tertiary/aromatic N) is 1. The van der Waals surface area contributed by atoms with Gasteiger partial charge in [-0.15, -0.1) is 0 Å². The molecule has 2 atom stereocenters. The van der Waals surface area contributed by atoms with Gasteiger partial charge in [0.1, 0.15) is 0 Å². The van der Waals surface area contributed by atoms with Crippen LogP contribution < -0.4 is 0 Å². The summed E-state index contributed by atoms with van der Waals surface area (Å²) in [5.74, 6) is -1.12. The fraction of sp³-hybridized carbons (Fsp3) is 0.500. The molecule has 4 heteroatoms. The van der Waals surface area contributed by atoms with Gasteiger partial charge in [-0.3, -0.25) is 9.59 Å². The smallest absolute Gasteiger partial charge is 0.308 e. The first-order chi connectivity index (χ1) is 9.47. The largest absolute Gasteiger partial charge is 0.481 e. The van der Waals surface area contributed by atoms with Crippen molar-refractivity contribution in [1.29, 1.82) is 0 Å². The molecule has 1 aromatic carbocycles. The molecule has 0 bridgehead atoms. The van der Waals surface area contributed by atoms with E-state index in [0.717, 1.165) is 5.56 Å². The zero-order valence-corrected chi connectivity index (χ0v) is 12.0. The molecular weight excluding hydrogens is 254 g/mol. The number of carbonyl (C=O) groups excluding carboxylic acids is 1. The third-order valence-corrected chi connectivity index (χ3v) is 3.99. The molecule has 1 aromatic rings. The van der Waals surface area contributed by atoms with Gasteiger partial charge in [0.05, 0.1) is 5.92 Å². The number of aryl methyl sites for hydroxylation is 2. The first kappa shape index (κ1) is 14.6. The summed E-state index contributed by atoms with van der Waals surface area (Å²) < 4.78 is 0. The lowest BCUT2D eigenvalue weighted by Crippen LogP contribution is -2.30. The van der Waals surface area contributed by atoms with E-state index in [9.17, 15) is 9.59 Å². The minimum atomic E-state index is -0.800. The molecule has 1 heterocycles. The number of rotatable bonds is 4. The first-order valence-corrected chi connectivity index (χ1v) is 7.03. The van der Waals surface area contributed by atoms with Crippen molar-refractivity contribution in [3.63, 3.8) is 0 Å². The lowest BCUT2D eigenvalue weighted by atomic mass is 9.99. The molecule has 2 rings (SSSR count). The van der Waals surface area contributed by atoms with Crippen molar-refractivity contribution in [3.05, 3.63) is 35.4 Å². The number of amides is 1. The molecule has 1 aliphatic rings. The van der Waals surface area contributed by atoms with Crippen LogP contribution in [-0.4, -0.2) is 35.0 Å². The third-order valence-electron chi connectivity index (χ3n) is 3.99. The quantitative estimate of drug-likeness (QED) is 0.915. The molecule has 1 amide bonds. The summed E-state index contributed by atoms with van der Waals surface area (Å²) in [6.07, 6.45) is 1.16. The maximum Gasteiger partial charge on any atom is 0.308 e. The molecule has 1 aliphatic heterocycles. The minimum Gasteiger partial charge on any atom is -0.481 e. The minimum absolute atomic E-state index is 0.0374. The van der Waals surface area contributed by atoms with Crippen molar-refractivity contribution in [2.45, 2.75) is 26.7 Å². The highest BCUT2D eigenvalue weighted by Gasteiger charge is 2.36. The summed E-state index contributed by atoms with van der Waals surface area (Å²) in [5, 5.41) is 9.08. The van der Waals surface area contributed by atoms with Gasteiger partial charge in [-0.1, -0.05) is 36.8 Å². The number of hydrogen-bond acceptors (Lipinski definition) is 2. The highest BCUT2D eigenvalue weighted by Crippen LogP contribution is 2.24. The lowest BCUT2D eigenvalue weighted by molar-refractivity contribution is -0.142. The molecule has 4 nitrogen and oxygen atoms in total. The van der Waals surface area contributed by atoms with E-state index in [1.54, 1.807) is 4.90 Å². The van der Waals surface area contributed by atoms with Crippen molar-refractivity contribution in [2.75, 3.05) is 13.1 Å². The van der Waals surface area contributed by atoms with E-state index in [1.807, 2.05) is 32.0 Å². The van der Waals surface area contributed by atoms with E-state index < -0.39 is 11.9 Å². The van der Waals surface area contributed by atoms with Gasteiger partial charge in [0.2, 0.25) is 5.91 Å². The van der Waals surface area contributed by atoms with Crippen LogP contribution in [0.15, 0.2) is 24.3 Å². The van der Waals surface area contributed by atoms with Gasteiger partial charge in [0.15, 0.2) is 0 Å². The average molecular weight is 275 g/mol. The Morgan fingerprint density at radius 2 is 2.10 bits per heavy atom. The Bertz CT molecular complexity index is 512. The van der Waals surface area contributed by atoms with Crippen molar-refractivity contribution >= 4 is 11.9 Å². The molecule has 0 unspecified atom stereocenters. The van der Waals surface area contributed by atoms with Gasteiger partial charge < -0.3 is 10.0 Å². The van der Waals surface area contributed by atoms with Crippen LogP contribution in [0, 0.1) is 18.8 Å². The second kappa shape index (κ2) is 6.07. The van der Waals surface area contributed by atoms with Crippen LogP contribution in [0.25, 0.3) is 0 Å². The van der Waals surface area contributed by atoms with Crippen LogP contribution in [-0.2, 0) is 16.0 Å². The van der Waals surface area contributed by atoms with E-state index in [1.165, 1.54) is 5.56 Å². The molecule has 20 heavy (non-hydrogen) atoms. The number of likely N-dealkylation sites (tertiary alicyclic amines) is 1. The first-order valence-electron chi connectivity index (χ1n) is 7.03. The fourth-order valence-corrected chi connectivity index (χ4v) is 2.77. The maximum absolute atomic E-state index is 12.2. The summed E-state index contributed by atoms with van der Waals surface area (Å²) in [7, 11) is 0. The summed E-state index contributed by atoms with van der Waals surface area (Å²) in [5.41, 5.74) is 2.34. The zero-order valence-electron chi connectivity index (χ0n) is 12.0. The van der Waals surface area contributed by atoms with Crippen LogP contribution in [0.5, 0.6) is 0 Å². The lowest BCUT2D eigenvalue weighted by Gasteiger charge is -2.15. The van der Waals surface area contributed by atoms with E-state index in [0.29, 0.717) is 25.9 Å². The summed E-state index contributed by atoms with van der Waals surface area (Å²) >= 11 is 0. The van der Waals surface area contributed by atoms with Gasteiger partial charge in [-0.05, 0) is 24.8 Å². The van der Waals surface area contributed by atoms with Crippen LogP contribution >= 0.6 is 0 Å². The molecular formula is C16H21NO3. The molecule has 108 valence electrons. The number of benzene rings is 1. The van der Waals surface area contributed by atoms with E-state index >= 15 is 0 Å². The van der Waals surface area contributed by atoms with Gasteiger partial charge >= 0.3 is 5.97 Å². The summed E-state index contributed by atoms with van der Waals surface area (Å²) in [4.78, 5) is 24.9. The third kappa shape index (κ3) is 3.38. The van der Waals surface area contributed by atoms with Crippen molar-refractivity contribution < 1.29 is 14.7 Å². The molecule has 1 saturated heterocycles. The highest BCUT2D eigenvalue weighted by molar-refractivity contribution is 5.79. The number of hydrogen-bond donors (Lipinski definition) is 1. The van der Waals surface area contributed by atoms with Crippen molar-refractivity contribution in [2.24, 2.45) is 11.8 Å². The molecule has 0 aliphatic carbocycles. The molecule has 0 aromatic heterocycles. The Hall–Kier alpha value is -1.84. The standard InChI is InChI=1S/C16H21NO3/c1-11-4-3-5-13(8-11)6-7-15(18)17-9-12(2)14(10-17)16(19)20/h3-5,8,12,14H,6-7,9-10H2,1-2H3,(H,19,20)/t12-,14-/m1/s1. The maximum atomic E-state index is 12.2. The number of carboxylic acid groups (broad SMARTS) is 1. The molecule has 0 saturated carbocycles. The van der Waals surface area contributed by atoms with Crippen LogP contribution in [0.1, 0.15) is 24.5 Å². The summed E-state index contributed by atoms with van der Waals surface area (Å²) in [6, 6.07) is 8.13. The Morgan fingerprint density at radius 1 is 1.35 bits per heavy atom. The van der Waals surface area contributed by atoms with E-state index in [2.05, 4.69) is 6.07 Å². The van der Waals surface area contributed by atoms with Gasteiger partial charge in [0.25, 0.3) is 0 Å². The van der Waals surface area contributed by atoms with Crippen LogP contribution in [0.2, 0.25) is 0 Å². The molecule has 0 spiro atoms. The van der Waals surface area contributed by atoms with E-state index in [4.69, 9.17) is 5.11 Å². The highest BCUT2D eigenvalue weighted by atomic mass is 16.4. The Morgan fingerprint density at radius 3 is 2.70 bits per heavy atom. The predicted octanol–water partition coefficient (Wildman–Crippen LogP) is 2.11. The number of carboxylic acids is 1. The second-order valence-electron chi connectivity index (χ2n) is 5.71.